The van der Waals surface area contributed by atoms with Gasteiger partial charge in [0.2, 0.25) is 6.33 Å². The molecule has 0 N–H and O–H groups in total. The number of nitrogens with zero attached hydrogens (tertiary/aromatic N) is 4. The predicted molar refractivity (Wildman–Crippen MR) is 202 cm³/mol. The summed E-state index contributed by atoms with van der Waals surface area (Å²) in [4.78, 5) is 4.70. The van der Waals surface area contributed by atoms with Crippen LogP contribution in [0, 0.1) is 18.5 Å². The maximum Gasteiger partial charge on any atom is 0.243 e. The third-order valence-corrected chi connectivity index (χ3v) is 10.3. The number of imidazole rings is 1. The van der Waals surface area contributed by atoms with E-state index in [0.717, 1.165) is 11.1 Å². The molecule has 8 rings (SSSR count). The van der Waals surface area contributed by atoms with E-state index in [9.17, 15) is 0 Å². The molecule has 0 saturated heterocycles. The monoisotopic (exact) mass is 860 g/mol. The Kier molecular flexibility index (Phi) is 5.87. The quantitative estimate of drug-likeness (QED) is 0.0950. The predicted octanol–water partition coefficient (Wildman–Crippen LogP) is 9.57. The van der Waals surface area contributed by atoms with Crippen molar-refractivity contribution < 1.29 is 45.4 Å². The average molecular weight is 861 g/mol. The number of ether oxygens (including phenoxy) is 1. The molecule has 252 valence electrons. The Labute approximate surface area is 324 Å². The molecule has 0 radical (unpaired) electrons. The first-order chi connectivity index (χ1) is 28.1. The Morgan fingerprint density at radius 3 is 2.36 bits per heavy atom. The van der Waals surface area contributed by atoms with E-state index >= 15 is 0 Å². The van der Waals surface area contributed by atoms with Gasteiger partial charge in [0.15, 0.2) is 0 Å². The minimum absolute atomic E-state index is 0. The summed E-state index contributed by atoms with van der Waals surface area (Å²) in [6, 6.07) is 16.8. The molecule has 0 bridgehead atoms. The van der Waals surface area contributed by atoms with Crippen LogP contribution in [0.15, 0.2) is 121 Å². The maximum absolute atomic E-state index is 9.04. The van der Waals surface area contributed by atoms with Crippen LogP contribution in [-0.4, -0.2) is 22.2 Å². The van der Waals surface area contributed by atoms with Gasteiger partial charge in [-0.3, -0.25) is 0 Å². The van der Waals surface area contributed by atoms with Crippen molar-refractivity contribution in [1.29, 1.82) is 0 Å². The van der Waals surface area contributed by atoms with Crippen LogP contribution in [0.2, 0.25) is 19.6 Å². The first-order valence-electron chi connectivity index (χ1n) is 21.3. The van der Waals surface area contributed by atoms with E-state index in [0.29, 0.717) is 16.7 Å². The molecule has 0 saturated carbocycles. The number of para-hydroxylation sites is 3. The molecule has 0 aliphatic carbocycles. The summed E-state index contributed by atoms with van der Waals surface area (Å²) in [7, 11) is -1.81. The SMILES string of the molecule is [2H]c1c(Oc2[c-]c3c(cc2)c2c([2H])c([2H])c([2H])c([2H])c2n3-c2cc(-c3ccccc3[Si](C)(C)C)ccn2)[c-]c(-n2[c-][n+](C(C)(C)C)c3c([2H])c([2H])c([2H])c([2H])c32)c([2H])c1[2H].[Pt]. The van der Waals surface area contributed by atoms with Crippen molar-refractivity contribution in [3.63, 3.8) is 0 Å². The van der Waals surface area contributed by atoms with Crippen LogP contribution < -0.4 is 14.5 Å². The number of benzene rings is 5. The standard InChI is InChI=1S/C43H38N4OSi.Pt/c1-43(2,3)46-29-45(38-19-10-11-20-39(38)46)31-14-13-15-32(27-31)48-33-22-23-36-35-17-7-9-18-37(35)47(40(36)28-33)42-26-30(24-25-44-42)34-16-8-12-21-41(34)49(4,5)6;/h7-26H,1-6H3;/q-2;/i7D,9D,10D,11D,13D,14D,15D,17D,18D,19D,20D;. The van der Waals surface area contributed by atoms with Crippen molar-refractivity contribution in [2.75, 3.05) is 0 Å². The maximum atomic E-state index is 9.04. The molecule has 7 heteroatoms. The van der Waals surface area contributed by atoms with Gasteiger partial charge in [0, 0.05) is 45.6 Å². The van der Waals surface area contributed by atoms with Gasteiger partial charge < -0.3 is 18.4 Å². The van der Waals surface area contributed by atoms with Crippen LogP contribution in [0.4, 0.5) is 0 Å². The molecule has 0 atom stereocenters. The Balaban J connectivity index is 0.00000561. The van der Waals surface area contributed by atoms with Crippen LogP contribution in [0.5, 0.6) is 11.5 Å². The fraction of sp³-hybridized carbons (Fsp3) is 0.163. The van der Waals surface area contributed by atoms with Crippen molar-refractivity contribution in [3.05, 3.63) is 140 Å². The molecule has 50 heavy (non-hydrogen) atoms. The van der Waals surface area contributed by atoms with E-state index in [1.165, 1.54) is 15.8 Å². The summed E-state index contributed by atoms with van der Waals surface area (Å²) < 4.78 is 106. The van der Waals surface area contributed by atoms with Gasteiger partial charge in [0.25, 0.3) is 0 Å². The molecule has 0 unspecified atom stereocenters. The second-order valence-corrected chi connectivity index (χ2v) is 18.8. The van der Waals surface area contributed by atoms with Crippen LogP contribution in [0.25, 0.3) is 55.5 Å². The van der Waals surface area contributed by atoms with E-state index in [1.54, 1.807) is 21.4 Å². The second kappa shape index (κ2) is 12.8. The van der Waals surface area contributed by atoms with E-state index in [2.05, 4.69) is 50.2 Å². The normalized spacial score (nSPS) is 15.1. The molecule has 3 aromatic heterocycles. The van der Waals surface area contributed by atoms with Gasteiger partial charge in [0.1, 0.15) is 5.82 Å². The number of hydrogen-bond acceptors (Lipinski definition) is 2. The zero-order valence-corrected chi connectivity index (χ0v) is 31.5. The Morgan fingerprint density at radius 1 is 0.800 bits per heavy atom. The summed E-state index contributed by atoms with van der Waals surface area (Å²) >= 11 is 0. The van der Waals surface area contributed by atoms with Crippen molar-refractivity contribution in [3.8, 4) is 34.1 Å². The molecule has 5 aromatic carbocycles. The topological polar surface area (TPSA) is 35.9 Å². The van der Waals surface area contributed by atoms with E-state index in [4.69, 9.17) is 24.8 Å². The van der Waals surface area contributed by atoms with Crippen molar-refractivity contribution >= 4 is 46.1 Å². The van der Waals surface area contributed by atoms with Crippen LogP contribution in [0.1, 0.15) is 35.8 Å². The number of fused-ring (bicyclic) bond motifs is 4. The number of pyridine rings is 1. The summed E-state index contributed by atoms with van der Waals surface area (Å²) in [6.07, 6.45) is 4.72. The summed E-state index contributed by atoms with van der Waals surface area (Å²) in [5.74, 6) is 0.114. The minimum Gasteiger partial charge on any atom is -0.510 e. The minimum atomic E-state index is -1.81. The smallest absolute Gasteiger partial charge is 0.243 e. The number of hydrogen-bond donors (Lipinski definition) is 0. The Hall–Kier alpha value is -4.77. The fourth-order valence-corrected chi connectivity index (χ4v) is 7.70. The molecule has 8 aromatic rings. The number of rotatable bonds is 6. The van der Waals surface area contributed by atoms with Gasteiger partial charge in [-0.1, -0.05) is 103 Å². The van der Waals surface area contributed by atoms with Gasteiger partial charge >= 0.3 is 0 Å². The largest absolute Gasteiger partial charge is 0.510 e. The average Bonchev–Trinajstić information content (AvgIpc) is 3.78. The molecule has 0 aliphatic heterocycles. The molecular formula is C43H38N4OPtSi-2. The van der Waals surface area contributed by atoms with Gasteiger partial charge in [-0.05, 0) is 58.2 Å². The zero-order chi connectivity index (χ0) is 43.5. The molecule has 0 spiro atoms. The molecule has 0 amide bonds. The van der Waals surface area contributed by atoms with Crippen LogP contribution >= 0.6 is 0 Å². The fourth-order valence-electron chi connectivity index (χ4n) is 6.07. The second-order valence-electron chi connectivity index (χ2n) is 13.8. The van der Waals surface area contributed by atoms with Crippen molar-refractivity contribution in [2.24, 2.45) is 0 Å². The molecule has 0 aliphatic rings. The van der Waals surface area contributed by atoms with Crippen molar-refractivity contribution in [2.45, 2.75) is 46.0 Å². The third-order valence-electron chi connectivity index (χ3n) is 8.29. The van der Waals surface area contributed by atoms with Crippen LogP contribution in [-0.2, 0) is 26.6 Å². The Morgan fingerprint density at radius 2 is 1.56 bits per heavy atom. The van der Waals surface area contributed by atoms with E-state index < -0.39 is 55.9 Å². The van der Waals surface area contributed by atoms with Gasteiger partial charge in [-0.25, -0.2) is 4.98 Å². The van der Waals surface area contributed by atoms with Crippen LogP contribution in [0.3, 0.4) is 0 Å². The first-order valence-corrected chi connectivity index (χ1v) is 19.3. The third kappa shape index (κ3) is 6.01. The molecule has 3 heterocycles. The Bertz CT molecular complexity index is 3140. The first kappa shape index (κ1) is 22.8. The summed E-state index contributed by atoms with van der Waals surface area (Å²) in [5.41, 5.74) is 1.66. The summed E-state index contributed by atoms with van der Waals surface area (Å²) in [6.45, 7) is 12.3. The van der Waals surface area contributed by atoms with E-state index in [1.807, 2.05) is 45.0 Å². The molecular weight excluding hydrogens is 812 g/mol. The van der Waals surface area contributed by atoms with Gasteiger partial charge in [-0.2, -0.15) is 18.2 Å². The molecule has 5 nitrogen and oxygen atoms in total. The van der Waals surface area contributed by atoms with Crippen molar-refractivity contribution in [1.82, 2.24) is 14.1 Å². The zero-order valence-electron chi connectivity index (χ0n) is 39.2. The van der Waals surface area contributed by atoms with Gasteiger partial charge in [-0.15, -0.1) is 29.6 Å². The summed E-state index contributed by atoms with van der Waals surface area (Å²) in [5, 5.41) is 1.93. The van der Waals surface area contributed by atoms with E-state index in [-0.39, 0.29) is 84.4 Å². The molecule has 0 fully saturated rings. The number of aromatic nitrogens is 4. The van der Waals surface area contributed by atoms with Gasteiger partial charge in [0.05, 0.1) is 35.6 Å².